The minimum absolute atomic E-state index is 0.754. The highest BCUT2D eigenvalue weighted by molar-refractivity contribution is 5.98. The van der Waals surface area contributed by atoms with E-state index in [2.05, 4.69) is 148 Å². The second-order valence-electron chi connectivity index (χ2n) is 12.6. The van der Waals surface area contributed by atoms with E-state index in [0.29, 0.717) is 0 Å². The van der Waals surface area contributed by atoms with Gasteiger partial charge in [0.25, 0.3) is 0 Å². The van der Waals surface area contributed by atoms with Crippen molar-refractivity contribution in [3.63, 3.8) is 0 Å². The van der Waals surface area contributed by atoms with Gasteiger partial charge in [-0.2, -0.15) is 0 Å². The fourth-order valence-electron chi connectivity index (χ4n) is 7.62. The number of hydrogen-bond acceptors (Lipinski definition) is 4. The average molecular weight is 607 g/mol. The molecular weight excluding hydrogens is 573 g/mol. The van der Waals surface area contributed by atoms with Crippen LogP contribution in [-0.2, 0) is 25.7 Å². The Balaban J connectivity index is 1.39. The number of aromatic nitrogens is 2. The van der Waals surface area contributed by atoms with Crippen LogP contribution in [0.5, 0.6) is 0 Å². The van der Waals surface area contributed by atoms with Crippen molar-refractivity contribution in [2.75, 3.05) is 9.80 Å². The smallest absolute Gasteiger partial charge is 0.159 e. The number of fused-ring (bicyclic) bond motifs is 5. The predicted octanol–water partition coefficient (Wildman–Crippen LogP) is 10.7. The SMILES string of the molecule is Cc1c(N2c3ccccc3CCc3ccccc32)cc(-c2ccnc3ncccc23)cc1N1c2ccccc2CCc2ccccc21. The van der Waals surface area contributed by atoms with Crippen molar-refractivity contribution in [3.8, 4) is 11.1 Å². The van der Waals surface area contributed by atoms with Gasteiger partial charge in [0.05, 0.1) is 11.4 Å². The second-order valence-corrected chi connectivity index (χ2v) is 12.6. The fourth-order valence-corrected chi connectivity index (χ4v) is 7.62. The summed E-state index contributed by atoms with van der Waals surface area (Å²) in [5.41, 5.74) is 17.0. The van der Waals surface area contributed by atoms with Gasteiger partial charge in [0, 0.05) is 40.5 Å². The molecule has 2 aromatic heterocycles. The summed E-state index contributed by atoms with van der Waals surface area (Å²) in [7, 11) is 0. The highest BCUT2D eigenvalue weighted by Crippen LogP contribution is 2.50. The summed E-state index contributed by atoms with van der Waals surface area (Å²) < 4.78 is 0. The summed E-state index contributed by atoms with van der Waals surface area (Å²) in [4.78, 5) is 14.3. The monoisotopic (exact) mass is 606 g/mol. The Morgan fingerprint density at radius 2 is 0.872 bits per heavy atom. The lowest BCUT2D eigenvalue weighted by molar-refractivity contribution is 0.977. The third-order valence-corrected chi connectivity index (χ3v) is 9.92. The van der Waals surface area contributed by atoms with Crippen LogP contribution >= 0.6 is 0 Å². The summed E-state index contributed by atoms with van der Waals surface area (Å²) in [6.45, 7) is 2.30. The number of benzene rings is 5. The largest absolute Gasteiger partial charge is 0.310 e. The first-order valence-electron chi connectivity index (χ1n) is 16.5. The van der Waals surface area contributed by atoms with Crippen LogP contribution < -0.4 is 9.80 Å². The number of anilines is 6. The van der Waals surface area contributed by atoms with Gasteiger partial charge in [0.1, 0.15) is 0 Å². The molecule has 47 heavy (non-hydrogen) atoms. The van der Waals surface area contributed by atoms with Gasteiger partial charge in [-0.05, 0) is 126 Å². The van der Waals surface area contributed by atoms with Crippen LogP contribution in [0.1, 0.15) is 27.8 Å². The van der Waals surface area contributed by atoms with Gasteiger partial charge in [0.2, 0.25) is 0 Å². The lowest BCUT2D eigenvalue weighted by Gasteiger charge is -2.34. The van der Waals surface area contributed by atoms with Gasteiger partial charge in [0.15, 0.2) is 5.65 Å². The maximum Gasteiger partial charge on any atom is 0.159 e. The van der Waals surface area contributed by atoms with Crippen LogP contribution in [0.2, 0.25) is 0 Å². The minimum atomic E-state index is 0.754. The quantitative estimate of drug-likeness (QED) is 0.200. The zero-order valence-corrected chi connectivity index (χ0v) is 26.4. The zero-order valence-electron chi connectivity index (χ0n) is 26.4. The molecule has 0 spiro atoms. The molecule has 0 saturated heterocycles. The van der Waals surface area contributed by atoms with E-state index < -0.39 is 0 Å². The Hall–Kier alpha value is -5.74. The molecule has 4 heterocycles. The Bertz CT molecular complexity index is 2080. The third-order valence-electron chi connectivity index (χ3n) is 9.92. The van der Waals surface area contributed by atoms with Crippen molar-refractivity contribution in [2.45, 2.75) is 32.6 Å². The molecule has 0 radical (unpaired) electrons. The van der Waals surface area contributed by atoms with Crippen molar-refractivity contribution in [1.82, 2.24) is 9.97 Å². The van der Waals surface area contributed by atoms with Crippen LogP contribution in [0.25, 0.3) is 22.2 Å². The number of hydrogen-bond donors (Lipinski definition) is 0. The number of para-hydroxylation sites is 4. The molecule has 4 nitrogen and oxygen atoms in total. The highest BCUT2D eigenvalue weighted by atomic mass is 15.2. The molecule has 0 N–H and O–H groups in total. The number of pyridine rings is 2. The van der Waals surface area contributed by atoms with E-state index in [-0.39, 0.29) is 0 Å². The molecule has 226 valence electrons. The molecule has 2 aliphatic rings. The molecule has 0 aliphatic carbocycles. The number of aryl methyl sites for hydroxylation is 4. The van der Waals surface area contributed by atoms with Gasteiger partial charge in [-0.25, -0.2) is 9.97 Å². The summed E-state index contributed by atoms with van der Waals surface area (Å²) in [6.07, 6.45) is 7.72. The van der Waals surface area contributed by atoms with Crippen molar-refractivity contribution in [1.29, 1.82) is 0 Å². The van der Waals surface area contributed by atoms with E-state index in [9.17, 15) is 0 Å². The first kappa shape index (κ1) is 27.6. The molecule has 2 aliphatic heterocycles. The topological polar surface area (TPSA) is 32.3 Å². The summed E-state index contributed by atoms with van der Waals surface area (Å²) in [6, 6.07) is 46.7. The van der Waals surface area contributed by atoms with Gasteiger partial charge < -0.3 is 9.80 Å². The molecular formula is C43H34N4. The van der Waals surface area contributed by atoms with Crippen molar-refractivity contribution in [3.05, 3.63) is 168 Å². The van der Waals surface area contributed by atoms with E-state index in [1.54, 1.807) is 0 Å². The van der Waals surface area contributed by atoms with Crippen LogP contribution in [0.3, 0.4) is 0 Å². The molecule has 5 aromatic carbocycles. The van der Waals surface area contributed by atoms with E-state index >= 15 is 0 Å². The molecule has 9 rings (SSSR count). The Labute approximate surface area is 275 Å². The predicted molar refractivity (Wildman–Crippen MR) is 194 cm³/mol. The molecule has 0 fully saturated rings. The first-order chi connectivity index (χ1) is 23.2. The first-order valence-corrected chi connectivity index (χ1v) is 16.5. The van der Waals surface area contributed by atoms with Gasteiger partial charge in [-0.15, -0.1) is 0 Å². The summed E-state index contributed by atoms with van der Waals surface area (Å²) >= 11 is 0. The van der Waals surface area contributed by atoms with E-state index in [1.165, 1.54) is 61.9 Å². The maximum atomic E-state index is 4.62. The fraction of sp³-hybridized carbons (Fsp3) is 0.116. The maximum absolute atomic E-state index is 4.62. The van der Waals surface area contributed by atoms with Crippen LogP contribution in [-0.4, -0.2) is 9.97 Å². The van der Waals surface area contributed by atoms with Crippen molar-refractivity contribution >= 4 is 45.2 Å². The Kier molecular flexibility index (Phi) is 6.60. The summed E-state index contributed by atoms with van der Waals surface area (Å²) in [5, 5.41) is 1.05. The van der Waals surface area contributed by atoms with Crippen molar-refractivity contribution < 1.29 is 0 Å². The molecule has 0 unspecified atom stereocenters. The molecule has 4 heteroatoms. The molecule has 0 amide bonds. The molecule has 0 saturated carbocycles. The standard InChI is InChI=1S/C43H34N4/c1-29-41(46-37-16-6-2-11-30(37)20-21-31-12-3-7-17-38(31)46)27-34(35-24-26-45-43-36(35)15-10-25-44-43)28-42(29)47-39-18-8-4-13-32(39)22-23-33-14-5-9-19-40(33)47/h2-19,24-28H,20-23H2,1H3. The van der Waals surface area contributed by atoms with Crippen molar-refractivity contribution in [2.24, 2.45) is 0 Å². The Morgan fingerprint density at radius 1 is 0.447 bits per heavy atom. The third kappa shape index (κ3) is 4.59. The minimum Gasteiger partial charge on any atom is -0.310 e. The van der Waals surface area contributed by atoms with Crippen LogP contribution in [0.15, 0.2) is 140 Å². The van der Waals surface area contributed by atoms with Gasteiger partial charge in [-0.3, -0.25) is 0 Å². The Morgan fingerprint density at radius 3 is 1.34 bits per heavy atom. The lowest BCUT2D eigenvalue weighted by atomic mass is 9.96. The van der Waals surface area contributed by atoms with Crippen LogP contribution in [0.4, 0.5) is 34.1 Å². The number of rotatable bonds is 3. The second kappa shape index (κ2) is 11.3. The lowest BCUT2D eigenvalue weighted by Crippen LogP contribution is -2.17. The molecule has 7 aromatic rings. The van der Waals surface area contributed by atoms with Crippen LogP contribution in [0, 0.1) is 6.92 Å². The summed E-state index contributed by atoms with van der Waals surface area (Å²) in [5.74, 6) is 0. The zero-order chi connectivity index (χ0) is 31.3. The normalized spacial score (nSPS) is 13.6. The highest BCUT2D eigenvalue weighted by Gasteiger charge is 2.29. The molecule has 0 atom stereocenters. The van der Waals surface area contributed by atoms with E-state index in [1.807, 2.05) is 18.5 Å². The average Bonchev–Trinajstić information content (AvgIpc) is 3.40. The van der Waals surface area contributed by atoms with E-state index in [0.717, 1.165) is 47.8 Å². The van der Waals surface area contributed by atoms with E-state index in [4.69, 9.17) is 0 Å². The van der Waals surface area contributed by atoms with Gasteiger partial charge >= 0.3 is 0 Å². The molecule has 0 bridgehead atoms. The van der Waals surface area contributed by atoms with Gasteiger partial charge in [-0.1, -0.05) is 72.8 Å². The number of nitrogens with zero attached hydrogens (tertiary/aromatic N) is 4.